The summed E-state index contributed by atoms with van der Waals surface area (Å²) in [6.07, 6.45) is 1.57. The fraction of sp³-hybridized carbons (Fsp3) is 0.462. The summed E-state index contributed by atoms with van der Waals surface area (Å²) in [6, 6.07) is 7.62. The zero-order valence-electron chi connectivity index (χ0n) is 10.2. The van der Waals surface area contributed by atoms with Crippen LogP contribution in [0.15, 0.2) is 24.3 Å². The molecule has 0 bridgehead atoms. The second-order valence-electron chi connectivity index (χ2n) is 4.62. The van der Waals surface area contributed by atoms with Crippen LogP contribution < -0.4 is 15.8 Å². The van der Waals surface area contributed by atoms with Crippen molar-refractivity contribution in [2.24, 2.45) is 5.73 Å². The van der Waals surface area contributed by atoms with E-state index in [9.17, 15) is 4.79 Å². The van der Waals surface area contributed by atoms with Crippen molar-refractivity contribution in [3.05, 3.63) is 29.8 Å². The quantitative estimate of drug-likeness (QED) is 0.826. The normalized spacial score (nSPS) is 18.3. The van der Waals surface area contributed by atoms with Crippen LogP contribution in [0.4, 0.5) is 0 Å². The molecule has 0 aromatic heterocycles. The van der Waals surface area contributed by atoms with E-state index in [-0.39, 0.29) is 11.9 Å². The zero-order chi connectivity index (χ0) is 12.5. The molecule has 4 nitrogen and oxygen atoms in total. The summed E-state index contributed by atoms with van der Waals surface area (Å²) >= 11 is 0. The van der Waals surface area contributed by atoms with E-state index in [1.807, 2.05) is 31.2 Å². The summed E-state index contributed by atoms with van der Waals surface area (Å²) in [5, 5.41) is 2.93. The van der Waals surface area contributed by atoms with E-state index in [4.69, 9.17) is 10.5 Å². The summed E-state index contributed by atoms with van der Waals surface area (Å²) in [5.41, 5.74) is 6.26. The van der Waals surface area contributed by atoms with Gasteiger partial charge in [-0.25, -0.2) is 0 Å². The van der Waals surface area contributed by atoms with Gasteiger partial charge in [0.1, 0.15) is 5.75 Å². The molecule has 0 unspecified atom stereocenters. The fourth-order valence-corrected chi connectivity index (χ4v) is 1.68. The minimum Gasteiger partial charge on any atom is -0.497 e. The molecule has 1 fully saturated rings. The zero-order valence-corrected chi connectivity index (χ0v) is 10.2. The van der Waals surface area contributed by atoms with E-state index in [2.05, 4.69) is 5.32 Å². The minimum absolute atomic E-state index is 0.0329. The number of carbonyl (C=O) groups is 1. The highest BCUT2D eigenvalue weighted by Crippen LogP contribution is 2.33. The number of nitrogens with two attached hydrogens (primary N) is 1. The van der Waals surface area contributed by atoms with Gasteiger partial charge in [0.25, 0.3) is 0 Å². The number of carbonyl (C=O) groups excluding carboxylic acids is 1. The molecule has 1 aliphatic rings. The molecule has 92 valence electrons. The largest absolute Gasteiger partial charge is 0.497 e. The Kier molecular flexibility index (Phi) is 3.07. The molecule has 0 radical (unpaired) electrons. The first-order valence-corrected chi connectivity index (χ1v) is 5.79. The molecule has 2 rings (SSSR count). The number of hydrogen-bond donors (Lipinski definition) is 2. The molecular formula is C13H18N2O2. The molecule has 0 saturated heterocycles. The summed E-state index contributed by atoms with van der Waals surface area (Å²) in [5.74, 6) is 0.755. The molecule has 1 atom stereocenters. The third-order valence-corrected chi connectivity index (χ3v) is 3.20. The van der Waals surface area contributed by atoms with Gasteiger partial charge in [-0.05, 0) is 37.5 Å². The number of ether oxygens (including phenoxy) is 1. The van der Waals surface area contributed by atoms with Crippen LogP contribution in [-0.4, -0.2) is 18.6 Å². The maximum Gasteiger partial charge on any atom is 0.240 e. The van der Waals surface area contributed by atoms with Crippen LogP contribution in [0.1, 0.15) is 31.4 Å². The Morgan fingerprint density at radius 1 is 1.41 bits per heavy atom. The number of nitrogens with one attached hydrogen (secondary N) is 1. The third kappa shape index (κ3) is 2.58. The van der Waals surface area contributed by atoms with E-state index in [1.165, 1.54) is 0 Å². The number of benzene rings is 1. The number of rotatable bonds is 4. The van der Waals surface area contributed by atoms with E-state index in [0.29, 0.717) is 0 Å². The van der Waals surface area contributed by atoms with Crippen molar-refractivity contribution in [2.75, 3.05) is 7.11 Å². The SMILES string of the molecule is COc1ccc([C@@H](C)NC(=O)C2(N)CC2)cc1. The maximum absolute atomic E-state index is 11.8. The molecule has 3 N–H and O–H groups in total. The van der Waals surface area contributed by atoms with Crippen molar-refractivity contribution in [3.8, 4) is 5.75 Å². The summed E-state index contributed by atoms with van der Waals surface area (Å²) in [6.45, 7) is 1.95. The van der Waals surface area contributed by atoms with Gasteiger partial charge in [-0.2, -0.15) is 0 Å². The number of amides is 1. The van der Waals surface area contributed by atoms with E-state index >= 15 is 0 Å². The van der Waals surface area contributed by atoms with Gasteiger partial charge >= 0.3 is 0 Å². The van der Waals surface area contributed by atoms with Crippen LogP contribution in [0, 0.1) is 0 Å². The molecule has 1 aromatic rings. The molecule has 1 aliphatic carbocycles. The Hall–Kier alpha value is -1.55. The van der Waals surface area contributed by atoms with Crippen molar-refractivity contribution < 1.29 is 9.53 Å². The molecule has 1 aromatic carbocycles. The lowest BCUT2D eigenvalue weighted by Crippen LogP contribution is -2.43. The first kappa shape index (κ1) is 11.9. The van der Waals surface area contributed by atoms with Crippen molar-refractivity contribution in [2.45, 2.75) is 31.3 Å². The van der Waals surface area contributed by atoms with Crippen molar-refractivity contribution in [1.29, 1.82) is 0 Å². The standard InChI is InChI=1S/C13H18N2O2/c1-9(15-12(16)13(14)7-8-13)10-3-5-11(17-2)6-4-10/h3-6,9H,7-8,14H2,1-2H3,(H,15,16)/t9-/m1/s1. The molecule has 1 amide bonds. The Balaban J connectivity index is 1.99. The third-order valence-electron chi connectivity index (χ3n) is 3.20. The maximum atomic E-state index is 11.8. The summed E-state index contributed by atoms with van der Waals surface area (Å²) < 4.78 is 5.09. The Morgan fingerprint density at radius 3 is 2.47 bits per heavy atom. The smallest absolute Gasteiger partial charge is 0.240 e. The lowest BCUT2D eigenvalue weighted by molar-refractivity contribution is -0.123. The second kappa shape index (κ2) is 4.37. The van der Waals surface area contributed by atoms with Gasteiger partial charge in [0, 0.05) is 0 Å². The first-order chi connectivity index (χ1) is 8.05. The fourth-order valence-electron chi connectivity index (χ4n) is 1.68. The predicted molar refractivity (Wildman–Crippen MR) is 65.7 cm³/mol. The average Bonchev–Trinajstić information content (AvgIpc) is 3.09. The number of methoxy groups -OCH3 is 1. The Labute approximate surface area is 101 Å². The lowest BCUT2D eigenvalue weighted by atomic mass is 10.1. The van der Waals surface area contributed by atoms with Gasteiger partial charge in [0.2, 0.25) is 5.91 Å². The second-order valence-corrected chi connectivity index (χ2v) is 4.62. The van der Waals surface area contributed by atoms with Crippen LogP contribution in [-0.2, 0) is 4.79 Å². The van der Waals surface area contributed by atoms with Crippen LogP contribution >= 0.6 is 0 Å². The van der Waals surface area contributed by atoms with Crippen molar-refractivity contribution >= 4 is 5.91 Å². The Bertz CT molecular complexity index is 410. The number of hydrogen-bond acceptors (Lipinski definition) is 3. The van der Waals surface area contributed by atoms with Crippen LogP contribution in [0.3, 0.4) is 0 Å². The predicted octanol–water partition coefficient (Wildman–Crippen LogP) is 1.36. The minimum atomic E-state index is -0.610. The van der Waals surface area contributed by atoms with E-state index < -0.39 is 5.54 Å². The highest BCUT2D eigenvalue weighted by atomic mass is 16.5. The highest BCUT2D eigenvalue weighted by molar-refractivity contribution is 5.89. The van der Waals surface area contributed by atoms with Gasteiger partial charge in [-0.3, -0.25) is 4.79 Å². The highest BCUT2D eigenvalue weighted by Gasteiger charge is 2.46. The van der Waals surface area contributed by atoms with Gasteiger partial charge < -0.3 is 15.8 Å². The molecular weight excluding hydrogens is 216 g/mol. The first-order valence-electron chi connectivity index (χ1n) is 5.79. The van der Waals surface area contributed by atoms with Gasteiger partial charge in [-0.15, -0.1) is 0 Å². The molecule has 1 saturated carbocycles. The van der Waals surface area contributed by atoms with Gasteiger partial charge in [-0.1, -0.05) is 12.1 Å². The molecule has 17 heavy (non-hydrogen) atoms. The molecule has 0 aliphatic heterocycles. The topological polar surface area (TPSA) is 64.3 Å². The lowest BCUT2D eigenvalue weighted by Gasteiger charge is -2.17. The van der Waals surface area contributed by atoms with Crippen LogP contribution in [0.25, 0.3) is 0 Å². The van der Waals surface area contributed by atoms with Crippen molar-refractivity contribution in [1.82, 2.24) is 5.32 Å². The molecule has 4 heteroatoms. The van der Waals surface area contributed by atoms with Crippen molar-refractivity contribution in [3.63, 3.8) is 0 Å². The van der Waals surface area contributed by atoms with Crippen LogP contribution in [0.5, 0.6) is 5.75 Å². The van der Waals surface area contributed by atoms with E-state index in [0.717, 1.165) is 24.2 Å². The summed E-state index contributed by atoms with van der Waals surface area (Å²) in [7, 11) is 1.63. The Morgan fingerprint density at radius 2 is 2.00 bits per heavy atom. The van der Waals surface area contributed by atoms with Gasteiger partial charge in [0.15, 0.2) is 0 Å². The molecule has 0 spiro atoms. The average molecular weight is 234 g/mol. The summed E-state index contributed by atoms with van der Waals surface area (Å²) in [4.78, 5) is 11.8. The van der Waals surface area contributed by atoms with Gasteiger partial charge in [0.05, 0.1) is 18.7 Å². The monoisotopic (exact) mass is 234 g/mol. The van der Waals surface area contributed by atoms with E-state index in [1.54, 1.807) is 7.11 Å². The van der Waals surface area contributed by atoms with Crippen LogP contribution in [0.2, 0.25) is 0 Å². The molecule has 0 heterocycles.